The average molecular weight is 486 g/mol. The summed E-state index contributed by atoms with van der Waals surface area (Å²) in [7, 11) is 5.00. The molecule has 1 amide bonds. The summed E-state index contributed by atoms with van der Waals surface area (Å²) in [6.07, 6.45) is 2.21. The number of hydrogen-bond acceptors (Lipinski definition) is 6. The van der Waals surface area contributed by atoms with E-state index in [0.29, 0.717) is 27.7 Å². The monoisotopic (exact) mass is 486 g/mol. The van der Waals surface area contributed by atoms with Crippen LogP contribution in [0.3, 0.4) is 0 Å². The number of likely N-dealkylation sites (tertiary alicyclic amines) is 1. The standard InChI is InChI=1S/C18H22N4O4.HI/c1-22(10-6-7-11-22)21-17(23)13-8-4-5-9-14(13)26-18-19-15(24-2)12-16(20-18)25-3;/h4-5,8-9,12H,6-7,10-11H2,1-3H3;1H. The number of carbonyl (C=O) groups is 1. The maximum Gasteiger partial charge on any atom is 0.328 e. The van der Waals surface area contributed by atoms with Crippen LogP contribution in [-0.4, -0.2) is 54.8 Å². The van der Waals surface area contributed by atoms with Gasteiger partial charge >= 0.3 is 6.01 Å². The summed E-state index contributed by atoms with van der Waals surface area (Å²) in [6, 6.07) is 8.58. The van der Waals surface area contributed by atoms with E-state index in [1.807, 2.05) is 7.05 Å². The van der Waals surface area contributed by atoms with Crippen molar-refractivity contribution in [3.05, 3.63) is 35.9 Å². The second kappa shape index (κ2) is 9.18. The van der Waals surface area contributed by atoms with Crippen LogP contribution in [0.15, 0.2) is 30.3 Å². The van der Waals surface area contributed by atoms with Gasteiger partial charge in [-0.15, -0.1) is 0 Å². The van der Waals surface area contributed by atoms with Gasteiger partial charge in [-0.2, -0.15) is 15.4 Å². The molecule has 1 saturated heterocycles. The highest BCUT2D eigenvalue weighted by atomic mass is 127. The topological polar surface area (TPSA) is 82.6 Å². The maximum atomic E-state index is 12.8. The third-order valence-corrected chi connectivity index (χ3v) is 4.33. The molecule has 0 bridgehead atoms. The Labute approximate surface area is 175 Å². The molecule has 8 nitrogen and oxygen atoms in total. The lowest BCUT2D eigenvalue weighted by Gasteiger charge is -2.28. The van der Waals surface area contributed by atoms with E-state index in [2.05, 4.69) is 15.4 Å². The first-order chi connectivity index (χ1) is 12.5. The van der Waals surface area contributed by atoms with Gasteiger partial charge in [0.05, 0.1) is 32.9 Å². The molecule has 3 rings (SSSR count). The number of halogens is 1. The highest BCUT2D eigenvalue weighted by Gasteiger charge is 2.30. The van der Waals surface area contributed by atoms with Crippen LogP contribution in [0.2, 0.25) is 0 Å². The number of ether oxygens (including phenoxy) is 3. The quantitative estimate of drug-likeness (QED) is 0.425. The highest BCUT2D eigenvalue weighted by molar-refractivity contribution is 5.96. The molecule has 1 aromatic carbocycles. The van der Waals surface area contributed by atoms with Crippen LogP contribution in [0.1, 0.15) is 23.2 Å². The fraction of sp³-hybridized carbons (Fsp3) is 0.389. The van der Waals surface area contributed by atoms with E-state index in [1.165, 1.54) is 14.2 Å². The van der Waals surface area contributed by atoms with E-state index in [9.17, 15) is 4.79 Å². The van der Waals surface area contributed by atoms with Gasteiger partial charge in [0.25, 0.3) is 5.91 Å². The molecule has 2 aromatic rings. The lowest BCUT2D eigenvalue weighted by molar-refractivity contribution is -0.931. The normalized spacial score (nSPS) is 14.8. The van der Waals surface area contributed by atoms with Crippen molar-refractivity contribution in [2.75, 3.05) is 34.4 Å². The van der Waals surface area contributed by atoms with Crippen molar-refractivity contribution >= 4 is 5.91 Å². The molecule has 27 heavy (non-hydrogen) atoms. The zero-order chi connectivity index (χ0) is 18.6. The number of benzene rings is 1. The van der Waals surface area contributed by atoms with Gasteiger partial charge in [0.2, 0.25) is 11.8 Å². The Balaban J connectivity index is 0.00000261. The first kappa shape index (κ1) is 21.2. The van der Waals surface area contributed by atoms with Gasteiger partial charge in [0.15, 0.2) is 0 Å². The molecule has 9 heteroatoms. The molecule has 1 N–H and O–H groups in total. The summed E-state index contributed by atoms with van der Waals surface area (Å²) in [5.74, 6) is 0.791. The van der Waals surface area contributed by atoms with Crippen LogP contribution in [0, 0.1) is 0 Å². The molecule has 1 aliphatic heterocycles. The zero-order valence-electron chi connectivity index (χ0n) is 15.6. The highest BCUT2D eigenvalue weighted by Crippen LogP contribution is 2.27. The van der Waals surface area contributed by atoms with Gasteiger partial charge < -0.3 is 38.2 Å². The predicted octanol–water partition coefficient (Wildman–Crippen LogP) is -0.825. The van der Waals surface area contributed by atoms with Crippen LogP contribution in [0.4, 0.5) is 0 Å². The lowest BCUT2D eigenvalue weighted by atomic mass is 10.2. The van der Waals surface area contributed by atoms with Gasteiger partial charge in [-0.05, 0) is 12.1 Å². The summed E-state index contributed by atoms with van der Waals surface area (Å²) in [4.78, 5) is 21.0. The minimum Gasteiger partial charge on any atom is -1.00 e. The van der Waals surface area contributed by atoms with Crippen LogP contribution in [0.5, 0.6) is 23.5 Å². The molecule has 1 fully saturated rings. The maximum absolute atomic E-state index is 12.8. The van der Waals surface area contributed by atoms with Crippen molar-refractivity contribution in [1.29, 1.82) is 0 Å². The van der Waals surface area contributed by atoms with Crippen LogP contribution < -0.4 is 43.6 Å². The SMILES string of the molecule is COc1cc(OC)nc(Oc2ccccc2C(=O)N[N+]2(C)CCCC2)n1.[I-]. The molecule has 0 spiro atoms. The van der Waals surface area contributed by atoms with Gasteiger partial charge in [0, 0.05) is 12.8 Å². The van der Waals surface area contributed by atoms with Gasteiger partial charge in [-0.1, -0.05) is 12.1 Å². The molecule has 1 aliphatic rings. The number of nitrogens with zero attached hydrogens (tertiary/aromatic N) is 3. The number of amides is 1. The summed E-state index contributed by atoms with van der Waals surface area (Å²) < 4.78 is 16.5. The molecule has 0 atom stereocenters. The van der Waals surface area contributed by atoms with E-state index in [1.54, 1.807) is 30.3 Å². The first-order valence-corrected chi connectivity index (χ1v) is 8.44. The molecule has 0 unspecified atom stereocenters. The number of hydrogen-bond donors (Lipinski definition) is 1. The number of methoxy groups -OCH3 is 2. The van der Waals surface area contributed by atoms with Crippen LogP contribution in [0.25, 0.3) is 0 Å². The number of rotatable bonds is 6. The van der Waals surface area contributed by atoms with Crippen molar-refractivity contribution in [2.24, 2.45) is 0 Å². The largest absolute Gasteiger partial charge is 1.00 e. The lowest BCUT2D eigenvalue weighted by Crippen LogP contribution is -3.00. The Morgan fingerprint density at radius 2 is 1.67 bits per heavy atom. The summed E-state index contributed by atoms with van der Waals surface area (Å²) >= 11 is 0. The Morgan fingerprint density at radius 1 is 1.07 bits per heavy atom. The third kappa shape index (κ3) is 5.19. The van der Waals surface area contributed by atoms with Gasteiger partial charge in [0.1, 0.15) is 18.8 Å². The van der Waals surface area contributed by atoms with E-state index in [0.717, 1.165) is 25.9 Å². The number of carbonyl (C=O) groups excluding carboxylic acids is 1. The summed E-state index contributed by atoms with van der Waals surface area (Å²) in [6.45, 7) is 1.84. The molecule has 0 radical (unpaired) electrons. The van der Waals surface area contributed by atoms with E-state index in [-0.39, 0.29) is 35.9 Å². The molecular formula is C18H23IN4O4. The molecule has 1 aromatic heterocycles. The minimum absolute atomic E-state index is 0. The van der Waals surface area contributed by atoms with Crippen LogP contribution >= 0.6 is 0 Å². The van der Waals surface area contributed by atoms with Gasteiger partial charge in [-0.3, -0.25) is 4.79 Å². The summed E-state index contributed by atoms with van der Waals surface area (Å²) in [5.41, 5.74) is 3.49. The van der Waals surface area contributed by atoms with Crippen molar-refractivity contribution in [1.82, 2.24) is 15.4 Å². The van der Waals surface area contributed by atoms with Crippen molar-refractivity contribution in [2.45, 2.75) is 12.8 Å². The molecule has 2 heterocycles. The molecule has 0 saturated carbocycles. The molecule has 146 valence electrons. The van der Waals surface area contributed by atoms with E-state index in [4.69, 9.17) is 14.2 Å². The summed E-state index contributed by atoms with van der Waals surface area (Å²) in [5, 5.41) is 0. The number of quaternary nitrogens is 1. The third-order valence-electron chi connectivity index (χ3n) is 4.33. The number of para-hydroxylation sites is 1. The van der Waals surface area contributed by atoms with Crippen LogP contribution in [-0.2, 0) is 0 Å². The van der Waals surface area contributed by atoms with Gasteiger partial charge in [-0.25, -0.2) is 4.59 Å². The van der Waals surface area contributed by atoms with Crippen molar-refractivity contribution in [3.63, 3.8) is 0 Å². The molecular weight excluding hydrogens is 463 g/mol. The average Bonchev–Trinajstić information content (AvgIpc) is 3.07. The Morgan fingerprint density at radius 3 is 2.26 bits per heavy atom. The van der Waals surface area contributed by atoms with Crippen molar-refractivity contribution < 1.29 is 47.6 Å². The second-order valence-electron chi connectivity index (χ2n) is 6.32. The number of aromatic nitrogens is 2. The zero-order valence-corrected chi connectivity index (χ0v) is 17.7. The minimum atomic E-state index is -0.195. The smallest absolute Gasteiger partial charge is 0.328 e. The Hall–Kier alpha value is -2.14. The Bertz CT molecular complexity index is 774. The molecule has 0 aliphatic carbocycles. The first-order valence-electron chi connectivity index (χ1n) is 8.44. The van der Waals surface area contributed by atoms with E-state index < -0.39 is 0 Å². The van der Waals surface area contributed by atoms with Crippen molar-refractivity contribution in [3.8, 4) is 23.5 Å². The Kier molecular flexibility index (Phi) is 7.19. The number of nitrogens with one attached hydrogen (secondary N) is 1. The second-order valence-corrected chi connectivity index (χ2v) is 6.32. The van der Waals surface area contributed by atoms with E-state index >= 15 is 0 Å². The fourth-order valence-electron chi connectivity index (χ4n) is 2.93. The fourth-order valence-corrected chi connectivity index (χ4v) is 2.93. The predicted molar refractivity (Wildman–Crippen MR) is 94.3 cm³/mol.